The lowest BCUT2D eigenvalue weighted by atomic mass is 9.97. The summed E-state index contributed by atoms with van der Waals surface area (Å²) in [6, 6.07) is 17.0. The Morgan fingerprint density at radius 1 is 0.938 bits per heavy atom. The van der Waals surface area contributed by atoms with Crippen molar-refractivity contribution in [1.29, 1.82) is 0 Å². The van der Waals surface area contributed by atoms with Crippen LogP contribution in [0.1, 0.15) is 18.1 Å². The van der Waals surface area contributed by atoms with E-state index in [1.165, 1.54) is 22.3 Å². The van der Waals surface area contributed by atoms with E-state index in [4.69, 9.17) is 5.73 Å². The number of aryl methyl sites for hydroxylation is 1. The van der Waals surface area contributed by atoms with Crippen LogP contribution in [0.15, 0.2) is 48.5 Å². The average molecular weight is 211 g/mol. The standard InChI is InChI=1S/C15H17N/c1-2-13-5-3-4-6-15(13)14-9-7-12(11-16)8-10-14/h3-10H,2,11,16H2,1H3. The molecule has 2 aromatic carbocycles. The van der Waals surface area contributed by atoms with Gasteiger partial charge in [-0.3, -0.25) is 0 Å². The molecule has 0 aromatic heterocycles. The SMILES string of the molecule is CCc1ccccc1-c1ccc(CN)cc1. The van der Waals surface area contributed by atoms with E-state index in [0.29, 0.717) is 6.54 Å². The third kappa shape index (κ3) is 2.15. The van der Waals surface area contributed by atoms with Crippen molar-refractivity contribution >= 4 is 0 Å². The van der Waals surface area contributed by atoms with Gasteiger partial charge in [-0.05, 0) is 28.7 Å². The molecule has 2 rings (SSSR count). The van der Waals surface area contributed by atoms with Crippen LogP contribution in [-0.4, -0.2) is 0 Å². The number of nitrogens with two attached hydrogens (primary N) is 1. The fourth-order valence-electron chi connectivity index (χ4n) is 1.93. The highest BCUT2D eigenvalue weighted by atomic mass is 14.5. The van der Waals surface area contributed by atoms with Crippen LogP contribution < -0.4 is 5.73 Å². The summed E-state index contributed by atoms with van der Waals surface area (Å²) in [4.78, 5) is 0. The zero-order valence-electron chi connectivity index (χ0n) is 9.61. The highest BCUT2D eigenvalue weighted by Gasteiger charge is 2.02. The highest BCUT2D eigenvalue weighted by molar-refractivity contribution is 5.67. The summed E-state index contributed by atoms with van der Waals surface area (Å²) in [6.07, 6.45) is 1.06. The molecular weight excluding hydrogens is 194 g/mol. The first-order chi connectivity index (χ1) is 7.85. The first-order valence-corrected chi connectivity index (χ1v) is 5.72. The van der Waals surface area contributed by atoms with E-state index >= 15 is 0 Å². The molecule has 0 saturated carbocycles. The molecule has 0 amide bonds. The lowest BCUT2D eigenvalue weighted by molar-refractivity contribution is 1.07. The van der Waals surface area contributed by atoms with Gasteiger partial charge in [-0.1, -0.05) is 55.5 Å². The largest absolute Gasteiger partial charge is 0.326 e. The van der Waals surface area contributed by atoms with Gasteiger partial charge in [-0.15, -0.1) is 0 Å². The third-order valence-electron chi connectivity index (χ3n) is 2.90. The van der Waals surface area contributed by atoms with Gasteiger partial charge in [-0.25, -0.2) is 0 Å². The van der Waals surface area contributed by atoms with E-state index in [-0.39, 0.29) is 0 Å². The van der Waals surface area contributed by atoms with Crippen LogP contribution in [0.2, 0.25) is 0 Å². The molecule has 2 N–H and O–H groups in total. The summed E-state index contributed by atoms with van der Waals surface area (Å²) in [5.74, 6) is 0. The van der Waals surface area contributed by atoms with Crippen molar-refractivity contribution < 1.29 is 0 Å². The number of hydrogen-bond acceptors (Lipinski definition) is 1. The zero-order chi connectivity index (χ0) is 11.4. The molecule has 16 heavy (non-hydrogen) atoms. The smallest absolute Gasteiger partial charge is 0.0178 e. The van der Waals surface area contributed by atoms with Gasteiger partial charge in [-0.2, -0.15) is 0 Å². The van der Waals surface area contributed by atoms with Crippen molar-refractivity contribution in [2.75, 3.05) is 0 Å². The maximum atomic E-state index is 5.59. The molecule has 0 fully saturated rings. The van der Waals surface area contributed by atoms with Gasteiger partial charge in [0.15, 0.2) is 0 Å². The molecule has 0 spiro atoms. The second-order valence-electron chi connectivity index (χ2n) is 3.91. The van der Waals surface area contributed by atoms with Crippen LogP contribution in [0.25, 0.3) is 11.1 Å². The number of hydrogen-bond donors (Lipinski definition) is 1. The van der Waals surface area contributed by atoms with E-state index in [1.807, 2.05) is 0 Å². The Kier molecular flexibility index (Phi) is 3.37. The Hall–Kier alpha value is -1.60. The Balaban J connectivity index is 2.42. The zero-order valence-corrected chi connectivity index (χ0v) is 9.61. The summed E-state index contributed by atoms with van der Waals surface area (Å²) >= 11 is 0. The number of rotatable bonds is 3. The topological polar surface area (TPSA) is 26.0 Å². The van der Waals surface area contributed by atoms with Crippen LogP contribution in [-0.2, 0) is 13.0 Å². The fraction of sp³-hybridized carbons (Fsp3) is 0.200. The van der Waals surface area contributed by atoms with Gasteiger partial charge in [0.1, 0.15) is 0 Å². The van der Waals surface area contributed by atoms with E-state index in [2.05, 4.69) is 55.5 Å². The first-order valence-electron chi connectivity index (χ1n) is 5.72. The molecule has 0 unspecified atom stereocenters. The summed E-state index contributed by atoms with van der Waals surface area (Å²) in [7, 11) is 0. The van der Waals surface area contributed by atoms with Gasteiger partial charge >= 0.3 is 0 Å². The quantitative estimate of drug-likeness (QED) is 0.827. The number of benzene rings is 2. The predicted molar refractivity (Wildman–Crippen MR) is 69.1 cm³/mol. The molecule has 1 heteroatoms. The van der Waals surface area contributed by atoms with Crippen molar-refractivity contribution in [2.24, 2.45) is 5.73 Å². The van der Waals surface area contributed by atoms with Gasteiger partial charge in [0.2, 0.25) is 0 Å². The predicted octanol–water partition coefficient (Wildman–Crippen LogP) is 3.37. The minimum atomic E-state index is 0.607. The summed E-state index contributed by atoms with van der Waals surface area (Å²) in [5.41, 5.74) is 10.8. The lowest BCUT2D eigenvalue weighted by Crippen LogP contribution is -1.95. The Bertz CT molecular complexity index is 457. The second-order valence-corrected chi connectivity index (χ2v) is 3.91. The monoisotopic (exact) mass is 211 g/mol. The van der Waals surface area contributed by atoms with Crippen LogP contribution in [0.4, 0.5) is 0 Å². The van der Waals surface area contributed by atoms with Gasteiger partial charge < -0.3 is 5.73 Å². The minimum Gasteiger partial charge on any atom is -0.326 e. The average Bonchev–Trinajstić information content (AvgIpc) is 2.39. The molecule has 82 valence electrons. The molecule has 0 heterocycles. The van der Waals surface area contributed by atoms with Crippen molar-refractivity contribution in [2.45, 2.75) is 19.9 Å². The van der Waals surface area contributed by atoms with Crippen molar-refractivity contribution in [3.8, 4) is 11.1 Å². The normalized spacial score (nSPS) is 10.4. The highest BCUT2D eigenvalue weighted by Crippen LogP contribution is 2.24. The summed E-state index contributed by atoms with van der Waals surface area (Å²) < 4.78 is 0. The van der Waals surface area contributed by atoms with E-state index < -0.39 is 0 Å². The molecular formula is C15H17N. The summed E-state index contributed by atoms with van der Waals surface area (Å²) in [6.45, 7) is 2.79. The summed E-state index contributed by atoms with van der Waals surface area (Å²) in [5, 5.41) is 0. The maximum Gasteiger partial charge on any atom is 0.0178 e. The van der Waals surface area contributed by atoms with Crippen LogP contribution in [0, 0.1) is 0 Å². The maximum absolute atomic E-state index is 5.59. The van der Waals surface area contributed by atoms with E-state index in [9.17, 15) is 0 Å². The molecule has 0 aliphatic rings. The van der Waals surface area contributed by atoms with Crippen molar-refractivity contribution in [1.82, 2.24) is 0 Å². The molecule has 0 aliphatic heterocycles. The molecule has 0 atom stereocenters. The Morgan fingerprint density at radius 2 is 1.62 bits per heavy atom. The van der Waals surface area contributed by atoms with Crippen LogP contribution in [0.3, 0.4) is 0 Å². The van der Waals surface area contributed by atoms with Crippen molar-refractivity contribution in [3.63, 3.8) is 0 Å². The molecule has 1 nitrogen and oxygen atoms in total. The molecule has 2 aromatic rings. The third-order valence-corrected chi connectivity index (χ3v) is 2.90. The molecule has 0 aliphatic carbocycles. The second kappa shape index (κ2) is 4.95. The Labute approximate surface area is 96.9 Å². The fourth-order valence-corrected chi connectivity index (χ4v) is 1.93. The van der Waals surface area contributed by atoms with Crippen LogP contribution >= 0.6 is 0 Å². The van der Waals surface area contributed by atoms with E-state index in [1.54, 1.807) is 0 Å². The van der Waals surface area contributed by atoms with E-state index in [0.717, 1.165) is 6.42 Å². The lowest BCUT2D eigenvalue weighted by Gasteiger charge is -2.08. The minimum absolute atomic E-state index is 0.607. The first kappa shape index (κ1) is 10.9. The van der Waals surface area contributed by atoms with Crippen molar-refractivity contribution in [3.05, 3.63) is 59.7 Å². The Morgan fingerprint density at radius 3 is 2.25 bits per heavy atom. The van der Waals surface area contributed by atoms with Crippen LogP contribution in [0.5, 0.6) is 0 Å². The molecule has 0 saturated heterocycles. The van der Waals surface area contributed by atoms with Gasteiger partial charge in [0.25, 0.3) is 0 Å². The molecule has 0 radical (unpaired) electrons. The molecule has 0 bridgehead atoms. The van der Waals surface area contributed by atoms with Gasteiger partial charge in [0, 0.05) is 6.54 Å². The van der Waals surface area contributed by atoms with Gasteiger partial charge in [0.05, 0.1) is 0 Å².